The number of nitrogens with zero attached hydrogens (tertiary/aromatic N) is 4. The van der Waals surface area contributed by atoms with Gasteiger partial charge in [-0.25, -0.2) is 33.1 Å². The smallest absolute Gasteiger partial charge is 0.325 e. The monoisotopic (exact) mass is 439 g/mol. The minimum absolute atomic E-state index is 0.0915. The van der Waals surface area contributed by atoms with Gasteiger partial charge in [0.05, 0.1) is 23.8 Å². The first-order valence-corrected chi connectivity index (χ1v) is 10.2. The number of carbonyl (C=O) groups is 1. The summed E-state index contributed by atoms with van der Waals surface area (Å²) in [5, 5.41) is 5.52. The van der Waals surface area contributed by atoms with Gasteiger partial charge in [0.1, 0.15) is 6.54 Å². The summed E-state index contributed by atoms with van der Waals surface area (Å²) in [6.07, 6.45) is 2.73. The van der Waals surface area contributed by atoms with Crippen LogP contribution < -0.4 is 22.4 Å². The first-order valence-electron chi connectivity index (χ1n) is 9.34. The van der Waals surface area contributed by atoms with E-state index in [-0.39, 0.29) is 13.1 Å². The molecule has 1 N–H and O–H groups in total. The minimum Gasteiger partial charge on any atom is -0.325 e. The van der Waals surface area contributed by atoms with Crippen LogP contribution >= 0.6 is 11.3 Å². The Morgan fingerprint density at radius 3 is 2.23 bits per heavy atom. The maximum atomic E-state index is 12.6. The largest absolute Gasteiger partial charge is 0.337 e. The van der Waals surface area contributed by atoms with Gasteiger partial charge >= 0.3 is 17.1 Å². The lowest BCUT2D eigenvalue weighted by Crippen LogP contribution is -2.55. The number of anilines is 1. The fourth-order valence-electron chi connectivity index (χ4n) is 2.98. The van der Waals surface area contributed by atoms with Gasteiger partial charge in [-0.15, -0.1) is 24.5 Å². The maximum Gasteiger partial charge on any atom is 0.337 e. The SMILES string of the molecule is C=CCn1c(=O)n(CC=C)c(=O)n(CC(=O)Nc2cccc(-c3csc(C)n3)c2)c1=O. The van der Waals surface area contributed by atoms with E-state index in [1.807, 2.05) is 18.4 Å². The quantitative estimate of drug-likeness (QED) is 0.537. The third kappa shape index (κ3) is 4.69. The molecule has 0 aliphatic rings. The van der Waals surface area contributed by atoms with Gasteiger partial charge in [0.2, 0.25) is 5.91 Å². The average molecular weight is 439 g/mol. The van der Waals surface area contributed by atoms with E-state index in [0.29, 0.717) is 5.69 Å². The van der Waals surface area contributed by atoms with Crippen LogP contribution in [0, 0.1) is 6.92 Å². The molecule has 1 amide bonds. The molecule has 10 heteroatoms. The number of hydrogen-bond acceptors (Lipinski definition) is 6. The summed E-state index contributed by atoms with van der Waals surface area (Å²) in [6.45, 7) is 8.21. The zero-order chi connectivity index (χ0) is 22.5. The Bertz CT molecular complexity index is 1280. The lowest BCUT2D eigenvalue weighted by molar-refractivity contribution is -0.116. The molecule has 3 aromatic rings. The van der Waals surface area contributed by atoms with E-state index in [0.717, 1.165) is 30.0 Å². The second-order valence-corrected chi connectivity index (χ2v) is 7.68. The van der Waals surface area contributed by atoms with Crippen molar-refractivity contribution in [2.24, 2.45) is 0 Å². The van der Waals surface area contributed by atoms with Crippen molar-refractivity contribution >= 4 is 22.9 Å². The van der Waals surface area contributed by atoms with Crippen LogP contribution in [0.1, 0.15) is 5.01 Å². The van der Waals surface area contributed by atoms with Gasteiger partial charge in [0.15, 0.2) is 0 Å². The standard InChI is InChI=1S/C21H21N5O4S/c1-4-9-24-19(28)25(10-5-2)21(30)26(20(24)29)12-18(27)23-16-8-6-7-15(11-16)17-13-31-14(3)22-17/h4-8,11,13H,1-2,9-10,12H2,3H3,(H,23,27). The predicted octanol–water partition coefficient (Wildman–Crippen LogP) is 1.61. The Kier molecular flexibility index (Phi) is 6.61. The Morgan fingerprint density at radius 1 is 1.06 bits per heavy atom. The van der Waals surface area contributed by atoms with Gasteiger partial charge in [0, 0.05) is 16.6 Å². The molecule has 2 heterocycles. The molecule has 0 saturated heterocycles. The zero-order valence-corrected chi connectivity index (χ0v) is 17.7. The molecule has 9 nitrogen and oxygen atoms in total. The van der Waals surface area contributed by atoms with Gasteiger partial charge in [0.25, 0.3) is 0 Å². The molecule has 0 fully saturated rings. The molecule has 0 radical (unpaired) electrons. The fraction of sp³-hybridized carbons (Fsp3) is 0.190. The molecule has 0 aliphatic carbocycles. The topological polar surface area (TPSA) is 108 Å². The third-order valence-corrected chi connectivity index (χ3v) is 5.15. The minimum atomic E-state index is -0.878. The van der Waals surface area contributed by atoms with Crippen LogP contribution in [0.15, 0.2) is 69.3 Å². The number of nitrogens with one attached hydrogen (secondary N) is 1. The van der Waals surface area contributed by atoms with Crippen molar-refractivity contribution in [2.75, 3.05) is 5.32 Å². The average Bonchev–Trinajstić information content (AvgIpc) is 3.18. The molecule has 3 rings (SSSR count). The van der Waals surface area contributed by atoms with Crippen LogP contribution in [-0.4, -0.2) is 24.6 Å². The van der Waals surface area contributed by atoms with Crippen molar-refractivity contribution in [2.45, 2.75) is 26.6 Å². The van der Waals surface area contributed by atoms with Crippen LogP contribution in [0.5, 0.6) is 0 Å². The van der Waals surface area contributed by atoms with E-state index < -0.39 is 29.5 Å². The third-order valence-electron chi connectivity index (χ3n) is 4.37. The van der Waals surface area contributed by atoms with E-state index >= 15 is 0 Å². The molecule has 160 valence electrons. The van der Waals surface area contributed by atoms with E-state index in [9.17, 15) is 19.2 Å². The fourth-order valence-corrected chi connectivity index (χ4v) is 3.61. The summed E-state index contributed by atoms with van der Waals surface area (Å²) in [4.78, 5) is 54.7. The Morgan fingerprint density at radius 2 is 1.68 bits per heavy atom. The highest BCUT2D eigenvalue weighted by atomic mass is 32.1. The Hall–Kier alpha value is -3.79. The van der Waals surface area contributed by atoms with Crippen molar-refractivity contribution in [3.8, 4) is 11.3 Å². The summed E-state index contributed by atoms with van der Waals surface area (Å²) in [7, 11) is 0. The molecule has 2 aromatic heterocycles. The van der Waals surface area contributed by atoms with Crippen LogP contribution in [0.2, 0.25) is 0 Å². The molecular formula is C21H21N5O4S. The van der Waals surface area contributed by atoms with Gasteiger partial charge < -0.3 is 5.32 Å². The van der Waals surface area contributed by atoms with Crippen molar-refractivity contribution in [3.05, 3.63) is 91.4 Å². The first-order chi connectivity index (χ1) is 14.8. The number of thiazole rings is 1. The van der Waals surface area contributed by atoms with Gasteiger partial charge in [-0.2, -0.15) is 0 Å². The van der Waals surface area contributed by atoms with E-state index in [1.54, 1.807) is 18.2 Å². The normalized spacial score (nSPS) is 10.6. The summed E-state index contributed by atoms with van der Waals surface area (Å²) in [5.74, 6) is -0.584. The molecule has 0 bridgehead atoms. The zero-order valence-electron chi connectivity index (χ0n) is 16.9. The van der Waals surface area contributed by atoms with Crippen molar-refractivity contribution in [1.82, 2.24) is 18.7 Å². The first kappa shape index (κ1) is 21.9. The summed E-state index contributed by atoms with van der Waals surface area (Å²) in [6, 6.07) is 7.09. The van der Waals surface area contributed by atoms with Crippen LogP contribution in [-0.2, 0) is 24.4 Å². The summed E-state index contributed by atoms with van der Waals surface area (Å²) >= 11 is 1.52. The van der Waals surface area contributed by atoms with Gasteiger partial charge in [-0.05, 0) is 19.1 Å². The summed E-state index contributed by atoms with van der Waals surface area (Å²) < 4.78 is 2.41. The maximum absolute atomic E-state index is 12.6. The Balaban J connectivity index is 1.91. The highest BCUT2D eigenvalue weighted by Gasteiger charge is 2.17. The number of hydrogen-bond donors (Lipinski definition) is 1. The van der Waals surface area contributed by atoms with Crippen molar-refractivity contribution < 1.29 is 4.79 Å². The number of aromatic nitrogens is 4. The highest BCUT2D eigenvalue weighted by Crippen LogP contribution is 2.24. The number of benzene rings is 1. The Labute approximate surface area is 181 Å². The molecule has 31 heavy (non-hydrogen) atoms. The van der Waals surface area contributed by atoms with Crippen LogP contribution in [0.4, 0.5) is 5.69 Å². The van der Waals surface area contributed by atoms with Crippen molar-refractivity contribution in [1.29, 1.82) is 0 Å². The van der Waals surface area contributed by atoms with E-state index in [2.05, 4.69) is 23.5 Å². The number of carbonyl (C=O) groups excluding carboxylic acids is 1. The predicted molar refractivity (Wildman–Crippen MR) is 121 cm³/mol. The van der Waals surface area contributed by atoms with Crippen LogP contribution in [0.25, 0.3) is 11.3 Å². The van der Waals surface area contributed by atoms with E-state index in [1.165, 1.54) is 23.5 Å². The second-order valence-electron chi connectivity index (χ2n) is 6.61. The summed E-state index contributed by atoms with van der Waals surface area (Å²) in [5.41, 5.74) is -0.426. The second kappa shape index (κ2) is 9.35. The van der Waals surface area contributed by atoms with Gasteiger partial charge in [-0.1, -0.05) is 24.3 Å². The molecule has 0 aliphatic heterocycles. The van der Waals surface area contributed by atoms with Crippen molar-refractivity contribution in [3.63, 3.8) is 0 Å². The molecule has 1 aromatic carbocycles. The molecular weight excluding hydrogens is 418 g/mol. The lowest BCUT2D eigenvalue weighted by Gasteiger charge is -2.12. The number of allylic oxidation sites excluding steroid dienone is 2. The van der Waals surface area contributed by atoms with Crippen LogP contribution in [0.3, 0.4) is 0 Å². The molecule has 0 saturated carbocycles. The number of rotatable bonds is 8. The lowest BCUT2D eigenvalue weighted by atomic mass is 10.1. The highest BCUT2D eigenvalue weighted by molar-refractivity contribution is 7.09. The van der Waals surface area contributed by atoms with Gasteiger partial charge in [-0.3, -0.25) is 4.79 Å². The number of aryl methyl sites for hydroxylation is 1. The molecule has 0 spiro atoms. The molecule has 0 atom stereocenters. The van der Waals surface area contributed by atoms with E-state index in [4.69, 9.17) is 0 Å². The molecule has 0 unspecified atom stereocenters. The number of amides is 1.